The van der Waals surface area contributed by atoms with Crippen LogP contribution in [0.1, 0.15) is 239 Å². The van der Waals surface area contributed by atoms with Gasteiger partial charge in [-0.1, -0.05) is 251 Å². The third kappa shape index (κ3) is 58.4. The zero-order valence-electron chi connectivity index (χ0n) is 49.0. The molecule has 0 aromatic rings. The average molecular weight is 1060 g/mol. The summed E-state index contributed by atoms with van der Waals surface area (Å²) in [5, 5.41) is 13.9. The van der Waals surface area contributed by atoms with E-state index < -0.39 is 20.0 Å². The van der Waals surface area contributed by atoms with Gasteiger partial charge in [-0.15, -0.1) is 0 Å². The lowest BCUT2D eigenvalue weighted by Crippen LogP contribution is -2.45. The van der Waals surface area contributed by atoms with Gasteiger partial charge < -0.3 is 19.8 Å². The lowest BCUT2D eigenvalue weighted by molar-refractivity contribution is -0.870. The first-order valence-corrected chi connectivity index (χ1v) is 31.9. The monoisotopic (exact) mass is 1060 g/mol. The summed E-state index contributed by atoms with van der Waals surface area (Å²) in [4.78, 5) is 23.3. The first-order chi connectivity index (χ1) is 36.5. The molecule has 0 aliphatic heterocycles. The molecule has 0 radical (unpaired) electrons. The van der Waals surface area contributed by atoms with Gasteiger partial charge in [-0.25, -0.2) is 4.57 Å². The highest BCUT2D eigenvalue weighted by atomic mass is 31.2. The number of likely N-dealkylation sites (N-methyl/N-ethyl adjacent to an activating group) is 1. The fourth-order valence-corrected chi connectivity index (χ4v) is 8.91. The van der Waals surface area contributed by atoms with Crippen LogP contribution in [0.4, 0.5) is 0 Å². The Kier molecular flexibility index (Phi) is 53.3. The van der Waals surface area contributed by atoms with Gasteiger partial charge in [-0.05, 0) is 103 Å². The van der Waals surface area contributed by atoms with Gasteiger partial charge in [0, 0.05) is 6.42 Å². The molecular weight excluding hydrogens is 948 g/mol. The van der Waals surface area contributed by atoms with Crippen LogP contribution in [0.15, 0.2) is 122 Å². The number of phosphoric ester groups is 1. The van der Waals surface area contributed by atoms with Crippen molar-refractivity contribution in [3.05, 3.63) is 122 Å². The summed E-state index contributed by atoms with van der Waals surface area (Å²) >= 11 is 0. The Hall–Kier alpha value is -3.10. The minimum Gasteiger partial charge on any atom is -0.387 e. The quantitative estimate of drug-likeness (QED) is 0.0243. The summed E-state index contributed by atoms with van der Waals surface area (Å²) < 4.78 is 23.6. The molecule has 430 valence electrons. The molecule has 0 rings (SSSR count). The van der Waals surface area contributed by atoms with Crippen molar-refractivity contribution >= 4 is 13.7 Å². The van der Waals surface area contributed by atoms with Crippen molar-refractivity contribution in [1.82, 2.24) is 5.32 Å². The second-order valence-electron chi connectivity index (χ2n) is 21.3. The van der Waals surface area contributed by atoms with Gasteiger partial charge in [-0.2, -0.15) is 0 Å². The molecule has 1 amide bonds. The Morgan fingerprint density at radius 3 is 1.23 bits per heavy atom. The first-order valence-electron chi connectivity index (χ1n) is 30.4. The van der Waals surface area contributed by atoms with Crippen LogP contribution in [-0.4, -0.2) is 73.4 Å². The van der Waals surface area contributed by atoms with Gasteiger partial charge in [0.15, 0.2) is 0 Å². The third-order valence-corrected chi connectivity index (χ3v) is 13.9. The summed E-state index contributed by atoms with van der Waals surface area (Å²) in [6, 6.07) is -0.875. The van der Waals surface area contributed by atoms with Gasteiger partial charge in [0.05, 0.1) is 39.9 Å². The minimum atomic E-state index is -4.36. The Morgan fingerprint density at radius 2 is 0.813 bits per heavy atom. The highest BCUT2D eigenvalue weighted by molar-refractivity contribution is 7.47. The normalized spacial score (nSPS) is 14.7. The van der Waals surface area contributed by atoms with Crippen LogP contribution in [-0.2, 0) is 18.4 Å². The number of phosphoric acid groups is 1. The van der Waals surface area contributed by atoms with Crippen molar-refractivity contribution < 1.29 is 32.9 Å². The molecule has 0 aliphatic carbocycles. The summed E-state index contributed by atoms with van der Waals surface area (Å²) in [6.45, 7) is 4.64. The van der Waals surface area contributed by atoms with Gasteiger partial charge in [0.2, 0.25) is 5.91 Å². The number of carbonyl (C=O) groups excluding carboxylic acids is 1. The maximum atomic E-state index is 13.0. The number of unbranched alkanes of at least 4 members (excludes halogenated alkanes) is 23. The van der Waals surface area contributed by atoms with Crippen molar-refractivity contribution in [1.29, 1.82) is 0 Å². The Labute approximate surface area is 463 Å². The van der Waals surface area contributed by atoms with E-state index in [-0.39, 0.29) is 19.1 Å². The van der Waals surface area contributed by atoms with Crippen molar-refractivity contribution in [3.63, 3.8) is 0 Å². The first kappa shape index (κ1) is 71.9. The molecule has 0 aromatic carbocycles. The molecule has 0 aromatic heterocycles. The number of hydrogen-bond acceptors (Lipinski definition) is 5. The fraction of sp³-hybridized carbons (Fsp3) is 0.682. The highest BCUT2D eigenvalue weighted by Gasteiger charge is 2.27. The lowest BCUT2D eigenvalue weighted by atomic mass is 10.0. The molecule has 0 saturated heterocycles. The molecule has 0 aliphatic rings. The molecule has 75 heavy (non-hydrogen) atoms. The fourth-order valence-electron chi connectivity index (χ4n) is 8.17. The zero-order chi connectivity index (χ0) is 54.9. The number of allylic oxidation sites excluding steroid dienone is 19. The van der Waals surface area contributed by atoms with Crippen LogP contribution < -0.4 is 5.32 Å². The van der Waals surface area contributed by atoms with E-state index >= 15 is 0 Å². The van der Waals surface area contributed by atoms with Gasteiger partial charge >= 0.3 is 7.82 Å². The molecule has 0 saturated carbocycles. The molecule has 3 N–H and O–H groups in total. The van der Waals surface area contributed by atoms with Crippen LogP contribution in [0.25, 0.3) is 0 Å². The Balaban J connectivity index is 4.03. The number of nitrogens with zero attached hydrogens (tertiary/aromatic N) is 1. The molecule has 8 nitrogen and oxygen atoms in total. The van der Waals surface area contributed by atoms with E-state index in [1.54, 1.807) is 6.08 Å². The molecule has 0 bridgehead atoms. The van der Waals surface area contributed by atoms with Crippen LogP contribution in [0.3, 0.4) is 0 Å². The number of quaternary nitrogens is 1. The molecule has 0 fully saturated rings. The second kappa shape index (κ2) is 55.6. The zero-order valence-corrected chi connectivity index (χ0v) is 49.9. The average Bonchev–Trinajstić information content (AvgIpc) is 3.37. The summed E-state index contributed by atoms with van der Waals surface area (Å²) in [5.41, 5.74) is 0. The second-order valence-corrected chi connectivity index (χ2v) is 22.8. The summed E-state index contributed by atoms with van der Waals surface area (Å²) in [7, 11) is 1.54. The van der Waals surface area contributed by atoms with Crippen LogP contribution in [0, 0.1) is 0 Å². The molecule has 0 heterocycles. The summed E-state index contributed by atoms with van der Waals surface area (Å²) in [5.74, 6) is -0.194. The van der Waals surface area contributed by atoms with E-state index in [0.29, 0.717) is 17.4 Å². The van der Waals surface area contributed by atoms with E-state index in [0.717, 1.165) is 89.9 Å². The van der Waals surface area contributed by atoms with E-state index in [9.17, 15) is 19.4 Å². The van der Waals surface area contributed by atoms with Crippen molar-refractivity contribution in [2.45, 2.75) is 251 Å². The number of hydrogen-bond donors (Lipinski definition) is 3. The molecule has 3 atom stereocenters. The van der Waals surface area contributed by atoms with Crippen LogP contribution in [0.5, 0.6) is 0 Å². The van der Waals surface area contributed by atoms with Gasteiger partial charge in [0.1, 0.15) is 13.2 Å². The topological polar surface area (TPSA) is 105 Å². The predicted molar refractivity (Wildman–Crippen MR) is 327 cm³/mol. The smallest absolute Gasteiger partial charge is 0.387 e. The maximum Gasteiger partial charge on any atom is 0.472 e. The number of aliphatic hydroxyl groups excluding tert-OH is 1. The number of nitrogens with one attached hydrogen (secondary N) is 1. The maximum absolute atomic E-state index is 13.0. The highest BCUT2D eigenvalue weighted by Crippen LogP contribution is 2.43. The standard InChI is InChI=1S/C66H115N2O6P/c1-6-8-10-12-14-16-18-20-22-23-24-25-26-27-28-29-30-31-32-33-34-35-36-37-38-39-40-41-42-43-44-45-46-48-50-52-54-56-58-60-66(70)67-64(63-74-75(71,72)73-62-61-68(3,4)5)65(69)59-57-55-53-51-49-47-21-19-17-15-13-11-9-7-2/h8,10,14,16-17,19-20,22,24-25,27-28,30-31,33-34,49,51,57,59,64-65,69H,6-7,9,11-13,15,18,21,23,26,29,32,35-48,50,52-56,58,60-63H2,1-5H3,(H-,67,70,71,72)/p+1/b10-8-,16-14-,19-17+,22-20-,25-24-,28-27-,31-30-,34-33-,51-49+,59-57+. The third-order valence-electron chi connectivity index (χ3n) is 12.9. The minimum absolute atomic E-state index is 0.0496. The lowest BCUT2D eigenvalue weighted by Gasteiger charge is -2.25. The van der Waals surface area contributed by atoms with Gasteiger partial charge in [-0.3, -0.25) is 13.8 Å². The predicted octanol–water partition coefficient (Wildman–Crippen LogP) is 18.9. The van der Waals surface area contributed by atoms with Crippen LogP contribution in [0.2, 0.25) is 0 Å². The van der Waals surface area contributed by atoms with E-state index in [1.165, 1.54) is 128 Å². The Bertz CT molecular complexity index is 1630. The Morgan fingerprint density at radius 1 is 0.467 bits per heavy atom. The van der Waals surface area contributed by atoms with Crippen molar-refractivity contribution in [2.24, 2.45) is 0 Å². The SMILES string of the molecule is CC/C=C\C/C=C\C/C=C\C/C=C\C/C=C\C/C=C\C/C=C\CCCCCCCCCCCCCCCCCCCC(=O)NC(COP(=O)(O)OCC[N+](C)(C)C)C(O)/C=C/CC/C=C/CC/C=C/CCCCCC. The molecule has 0 spiro atoms. The number of aliphatic hydroxyl groups is 1. The van der Waals surface area contributed by atoms with Crippen molar-refractivity contribution in [2.75, 3.05) is 40.9 Å². The number of amides is 1. The summed E-state index contributed by atoms with van der Waals surface area (Å²) in [6.07, 6.45) is 83.2. The number of rotatable bonds is 54. The van der Waals surface area contributed by atoms with Crippen molar-refractivity contribution in [3.8, 4) is 0 Å². The van der Waals surface area contributed by atoms with E-state index in [2.05, 4.69) is 129 Å². The van der Waals surface area contributed by atoms with E-state index in [1.807, 2.05) is 27.2 Å². The largest absolute Gasteiger partial charge is 0.472 e. The van der Waals surface area contributed by atoms with E-state index in [4.69, 9.17) is 9.05 Å². The number of carbonyl (C=O) groups is 1. The molecule has 3 unspecified atom stereocenters. The molecular formula is C66H116N2O6P+. The molecule has 9 heteroatoms. The van der Waals surface area contributed by atoms with Crippen LogP contribution >= 0.6 is 7.82 Å². The van der Waals surface area contributed by atoms with Gasteiger partial charge in [0.25, 0.3) is 0 Å².